The summed E-state index contributed by atoms with van der Waals surface area (Å²) in [4.78, 5) is 27.7. The van der Waals surface area contributed by atoms with Crippen LogP contribution in [0.5, 0.6) is 11.5 Å². The smallest absolute Gasteiger partial charge is 0.243 e. The highest BCUT2D eigenvalue weighted by Gasteiger charge is 2.15. The number of hydrogen-bond donors (Lipinski definition) is 2. The van der Waals surface area contributed by atoms with E-state index >= 15 is 0 Å². The Balaban J connectivity index is 2.91. The van der Waals surface area contributed by atoms with E-state index in [1.807, 2.05) is 6.21 Å². The fourth-order valence-corrected chi connectivity index (χ4v) is 2.81. The molecule has 7 heteroatoms. The number of hydroxylamine groups is 1. The van der Waals surface area contributed by atoms with Gasteiger partial charge in [0.05, 0.1) is 19.4 Å². The molecule has 1 rings (SSSR count). The highest BCUT2D eigenvalue weighted by molar-refractivity contribution is 6.00. The first-order valence-corrected chi connectivity index (χ1v) is 10.1. The first-order chi connectivity index (χ1) is 13.8. The summed E-state index contributed by atoms with van der Waals surface area (Å²) in [6.45, 7) is 8.30. The molecule has 29 heavy (non-hydrogen) atoms. The van der Waals surface area contributed by atoms with Gasteiger partial charge in [0.15, 0.2) is 17.3 Å². The molecule has 1 unspecified atom stereocenters. The van der Waals surface area contributed by atoms with Gasteiger partial charge in [-0.1, -0.05) is 33.6 Å². The zero-order valence-corrected chi connectivity index (χ0v) is 18.2. The second-order valence-electron chi connectivity index (χ2n) is 7.64. The Bertz CT molecular complexity index is 701. The second kappa shape index (κ2) is 12.9. The minimum absolute atomic E-state index is 0.103. The lowest BCUT2D eigenvalue weighted by Gasteiger charge is -2.14. The Morgan fingerprint density at radius 1 is 1.17 bits per heavy atom. The molecule has 0 saturated heterocycles. The number of hydrogen-bond acceptors (Lipinski definition) is 6. The average molecular weight is 407 g/mol. The zero-order chi connectivity index (χ0) is 21.8. The number of ether oxygens (including phenoxy) is 2. The second-order valence-corrected chi connectivity index (χ2v) is 7.64. The average Bonchev–Trinajstić information content (AvgIpc) is 2.68. The zero-order valence-electron chi connectivity index (χ0n) is 18.2. The van der Waals surface area contributed by atoms with Crippen molar-refractivity contribution in [3.63, 3.8) is 0 Å². The van der Waals surface area contributed by atoms with E-state index in [0.717, 1.165) is 12.8 Å². The number of methoxy groups -OCH3 is 1. The molecule has 162 valence electrons. The van der Waals surface area contributed by atoms with Crippen LogP contribution in [0.1, 0.15) is 70.2 Å². The highest BCUT2D eigenvalue weighted by Crippen LogP contribution is 2.35. The number of nitrogens with zero attached hydrogens (tertiary/aromatic N) is 1. The third kappa shape index (κ3) is 9.09. The van der Waals surface area contributed by atoms with E-state index in [1.54, 1.807) is 17.6 Å². The fourth-order valence-electron chi connectivity index (χ4n) is 2.81. The first-order valence-electron chi connectivity index (χ1n) is 10.1. The van der Waals surface area contributed by atoms with E-state index in [1.165, 1.54) is 20.5 Å². The van der Waals surface area contributed by atoms with Crippen molar-refractivity contribution in [2.75, 3.05) is 13.7 Å². The van der Waals surface area contributed by atoms with Crippen molar-refractivity contribution in [2.24, 2.45) is 16.8 Å². The monoisotopic (exact) mass is 406 g/mol. The number of nitrogens with one attached hydrogen (secondary N) is 1. The molecule has 0 radical (unpaired) electrons. The summed E-state index contributed by atoms with van der Waals surface area (Å²) in [5, 5.41) is 8.53. The Morgan fingerprint density at radius 3 is 2.48 bits per heavy atom. The van der Waals surface area contributed by atoms with Gasteiger partial charge in [0, 0.05) is 24.3 Å². The van der Waals surface area contributed by atoms with Crippen molar-refractivity contribution >= 4 is 23.6 Å². The van der Waals surface area contributed by atoms with Gasteiger partial charge in [0.25, 0.3) is 0 Å². The largest absolute Gasteiger partial charge is 0.493 e. The van der Waals surface area contributed by atoms with E-state index in [9.17, 15) is 9.59 Å². The molecule has 0 heterocycles. The van der Waals surface area contributed by atoms with E-state index in [-0.39, 0.29) is 18.8 Å². The van der Waals surface area contributed by atoms with Crippen LogP contribution in [0.25, 0.3) is 0 Å². The van der Waals surface area contributed by atoms with Crippen molar-refractivity contribution < 1.29 is 24.3 Å². The summed E-state index contributed by atoms with van der Waals surface area (Å²) < 4.78 is 11.1. The topological polar surface area (TPSA) is 97.2 Å². The maximum Gasteiger partial charge on any atom is 0.243 e. The summed E-state index contributed by atoms with van der Waals surface area (Å²) in [6.07, 6.45) is 5.82. The molecule has 2 N–H and O–H groups in total. The van der Waals surface area contributed by atoms with E-state index in [0.29, 0.717) is 41.0 Å². The van der Waals surface area contributed by atoms with Crippen molar-refractivity contribution in [3.8, 4) is 11.5 Å². The Hall–Kier alpha value is -2.41. The Kier molecular flexibility index (Phi) is 11.0. The van der Waals surface area contributed by atoms with Crippen LogP contribution in [0.2, 0.25) is 0 Å². The van der Waals surface area contributed by atoms with Crippen LogP contribution in [-0.4, -0.2) is 36.8 Å². The Morgan fingerprint density at radius 2 is 1.90 bits per heavy atom. The van der Waals surface area contributed by atoms with Gasteiger partial charge in [-0.2, -0.15) is 0 Å². The number of carbonyl (C=O) groups excluding carboxylic acids is 2. The van der Waals surface area contributed by atoms with E-state index in [4.69, 9.17) is 14.7 Å². The lowest BCUT2D eigenvalue weighted by Crippen LogP contribution is -2.18. The third-order valence-electron chi connectivity index (χ3n) is 4.50. The lowest BCUT2D eigenvalue weighted by atomic mass is 10.0. The van der Waals surface area contributed by atoms with Gasteiger partial charge in [-0.25, -0.2) is 5.48 Å². The van der Waals surface area contributed by atoms with Crippen LogP contribution >= 0.6 is 0 Å². The number of ketones is 1. The van der Waals surface area contributed by atoms with Crippen LogP contribution < -0.4 is 15.0 Å². The summed E-state index contributed by atoms with van der Waals surface area (Å²) in [5.74, 6) is 1.32. The first kappa shape index (κ1) is 24.6. The minimum atomic E-state index is -0.468. The third-order valence-corrected chi connectivity index (χ3v) is 4.50. The molecule has 1 aromatic carbocycles. The maximum atomic E-state index is 12.1. The predicted octanol–water partition coefficient (Wildman–Crippen LogP) is 4.73. The van der Waals surface area contributed by atoms with Crippen LogP contribution in [0.4, 0.5) is 5.69 Å². The highest BCUT2D eigenvalue weighted by atomic mass is 16.5. The van der Waals surface area contributed by atoms with Crippen LogP contribution in [-0.2, 0) is 4.79 Å². The molecule has 0 aromatic heterocycles. The number of aliphatic imine (C=N–C) groups is 1. The molecule has 0 fully saturated rings. The van der Waals surface area contributed by atoms with E-state index in [2.05, 4.69) is 25.8 Å². The molecule has 0 aliphatic heterocycles. The van der Waals surface area contributed by atoms with Gasteiger partial charge < -0.3 is 9.47 Å². The SMILES string of the molecule is COc1cc(C(C)=O)c(N=CC(C)CCCC(C)C)cc1OCCCC(=O)NO. The van der Waals surface area contributed by atoms with Crippen molar-refractivity contribution in [3.05, 3.63) is 17.7 Å². The molecule has 0 saturated carbocycles. The quantitative estimate of drug-likeness (QED) is 0.162. The van der Waals surface area contributed by atoms with Crippen molar-refractivity contribution in [2.45, 2.75) is 59.8 Å². The molecule has 0 aliphatic carbocycles. The van der Waals surface area contributed by atoms with Gasteiger partial charge in [0.2, 0.25) is 5.91 Å². The standard InChI is InChI=1S/C22H34N2O5/c1-15(2)8-6-9-16(3)14-23-19-13-21(29-11-7-10-22(26)24-27)20(28-5)12-18(19)17(4)25/h12-16,27H,6-11H2,1-5H3,(H,24,26). The maximum absolute atomic E-state index is 12.1. The summed E-state index contributed by atoms with van der Waals surface area (Å²) in [5.41, 5.74) is 2.60. The number of carbonyl (C=O) groups is 2. The summed E-state index contributed by atoms with van der Waals surface area (Å²) >= 11 is 0. The fraction of sp³-hybridized carbons (Fsp3) is 0.591. The normalized spacial score (nSPS) is 12.2. The number of amides is 1. The molecule has 0 bridgehead atoms. The van der Waals surface area contributed by atoms with Crippen LogP contribution in [0.3, 0.4) is 0 Å². The number of Topliss-reactive ketones (excluding diaryl/α,β-unsaturated/α-hetero) is 1. The number of rotatable bonds is 13. The summed E-state index contributed by atoms with van der Waals surface area (Å²) in [7, 11) is 1.51. The molecular formula is C22H34N2O5. The van der Waals surface area contributed by atoms with Crippen molar-refractivity contribution in [1.82, 2.24) is 5.48 Å². The van der Waals surface area contributed by atoms with Crippen molar-refractivity contribution in [1.29, 1.82) is 0 Å². The van der Waals surface area contributed by atoms with Crippen LogP contribution in [0.15, 0.2) is 17.1 Å². The van der Waals surface area contributed by atoms with Gasteiger partial charge in [0.1, 0.15) is 0 Å². The minimum Gasteiger partial charge on any atom is -0.493 e. The van der Waals surface area contributed by atoms with Gasteiger partial charge in [-0.05, 0) is 37.7 Å². The van der Waals surface area contributed by atoms with Gasteiger partial charge >= 0.3 is 0 Å². The van der Waals surface area contributed by atoms with E-state index < -0.39 is 5.91 Å². The number of benzene rings is 1. The van der Waals surface area contributed by atoms with Crippen LogP contribution in [0, 0.1) is 11.8 Å². The summed E-state index contributed by atoms with van der Waals surface area (Å²) in [6, 6.07) is 3.33. The lowest BCUT2D eigenvalue weighted by molar-refractivity contribution is -0.129. The molecular weight excluding hydrogens is 372 g/mol. The molecule has 0 aliphatic rings. The molecule has 0 spiro atoms. The molecule has 1 amide bonds. The molecule has 1 aromatic rings. The van der Waals surface area contributed by atoms with Gasteiger partial charge in [-0.3, -0.25) is 19.8 Å². The molecule has 1 atom stereocenters. The molecule has 7 nitrogen and oxygen atoms in total. The van der Waals surface area contributed by atoms with Gasteiger partial charge in [-0.15, -0.1) is 0 Å². The predicted molar refractivity (Wildman–Crippen MR) is 114 cm³/mol. The Labute approximate surface area is 173 Å².